The van der Waals surface area contributed by atoms with Crippen LogP contribution in [-0.4, -0.2) is 16.5 Å². The van der Waals surface area contributed by atoms with Crippen LogP contribution in [0.1, 0.15) is 37.7 Å². The van der Waals surface area contributed by atoms with Crippen LogP contribution in [0.25, 0.3) is 0 Å². The van der Waals surface area contributed by atoms with Crippen LogP contribution in [0.4, 0.5) is 0 Å². The Morgan fingerprint density at radius 1 is 1.47 bits per heavy atom. The summed E-state index contributed by atoms with van der Waals surface area (Å²) in [5.41, 5.74) is 0.575. The first-order valence-corrected chi connectivity index (χ1v) is 6.24. The fourth-order valence-electron chi connectivity index (χ4n) is 1.07. The molecule has 0 atom stereocenters. The van der Waals surface area contributed by atoms with Gasteiger partial charge in [0.05, 0.1) is 0 Å². The molecule has 0 unspecified atom stereocenters. The second kappa shape index (κ2) is 5.91. The van der Waals surface area contributed by atoms with Crippen molar-refractivity contribution < 1.29 is 4.79 Å². The van der Waals surface area contributed by atoms with Crippen molar-refractivity contribution in [3.05, 3.63) is 24.0 Å². The number of carbonyl (C=O) groups excluding carboxylic acids is 1. The van der Waals surface area contributed by atoms with Gasteiger partial charge >= 0.3 is 0 Å². The molecular formula is C12H17NOS. The topological polar surface area (TPSA) is 30.0 Å². The summed E-state index contributed by atoms with van der Waals surface area (Å²) in [5, 5.41) is 0. The van der Waals surface area contributed by atoms with Crippen LogP contribution in [-0.2, 0) is 0 Å². The third-order valence-electron chi connectivity index (χ3n) is 1.93. The molecule has 1 heterocycles. The van der Waals surface area contributed by atoms with E-state index in [4.69, 9.17) is 0 Å². The van der Waals surface area contributed by atoms with Gasteiger partial charge in [-0.3, -0.25) is 9.78 Å². The minimum atomic E-state index is 0.107. The zero-order valence-electron chi connectivity index (χ0n) is 9.49. The maximum atomic E-state index is 11.3. The normalized spacial score (nSPS) is 10.7. The van der Waals surface area contributed by atoms with Crippen LogP contribution < -0.4 is 0 Å². The van der Waals surface area contributed by atoms with E-state index in [-0.39, 0.29) is 5.78 Å². The van der Waals surface area contributed by atoms with Crippen molar-refractivity contribution in [1.29, 1.82) is 0 Å². The van der Waals surface area contributed by atoms with E-state index in [1.165, 1.54) is 0 Å². The van der Waals surface area contributed by atoms with Crippen molar-refractivity contribution in [2.75, 3.05) is 5.75 Å². The van der Waals surface area contributed by atoms with E-state index < -0.39 is 0 Å². The van der Waals surface area contributed by atoms with Crippen molar-refractivity contribution >= 4 is 17.5 Å². The van der Waals surface area contributed by atoms with Crippen LogP contribution in [0, 0.1) is 5.92 Å². The lowest BCUT2D eigenvalue weighted by Crippen LogP contribution is -1.99. The predicted octanol–water partition coefficient (Wildman–Crippen LogP) is 3.42. The minimum absolute atomic E-state index is 0.107. The Hall–Kier alpha value is -0.830. The lowest BCUT2D eigenvalue weighted by atomic mass is 10.2. The second-order valence-corrected chi connectivity index (χ2v) is 4.95. The first-order valence-electron chi connectivity index (χ1n) is 5.25. The van der Waals surface area contributed by atoms with Gasteiger partial charge in [-0.15, -0.1) is 11.8 Å². The van der Waals surface area contributed by atoms with Gasteiger partial charge in [0.2, 0.25) is 0 Å². The van der Waals surface area contributed by atoms with E-state index in [1.807, 2.05) is 19.1 Å². The van der Waals surface area contributed by atoms with Crippen LogP contribution >= 0.6 is 11.8 Å². The molecule has 0 bridgehead atoms. The van der Waals surface area contributed by atoms with E-state index in [0.717, 1.165) is 10.6 Å². The van der Waals surface area contributed by atoms with Gasteiger partial charge in [0.25, 0.3) is 0 Å². The van der Waals surface area contributed by atoms with Crippen LogP contribution in [0.5, 0.6) is 0 Å². The molecular weight excluding hydrogens is 206 g/mol. The van der Waals surface area contributed by atoms with E-state index in [2.05, 4.69) is 18.8 Å². The SMILES string of the molecule is CCC(=O)c1ccc(SCC(C)C)cn1. The standard InChI is InChI=1S/C12H17NOS/c1-4-12(14)11-6-5-10(7-13-11)15-8-9(2)3/h5-7,9H,4,8H2,1-3H3. The molecule has 0 spiro atoms. The number of nitrogens with zero attached hydrogens (tertiary/aromatic N) is 1. The number of rotatable bonds is 5. The maximum absolute atomic E-state index is 11.3. The van der Waals surface area contributed by atoms with Crippen molar-refractivity contribution in [3.8, 4) is 0 Å². The smallest absolute Gasteiger partial charge is 0.180 e. The fourth-order valence-corrected chi connectivity index (χ4v) is 1.89. The monoisotopic (exact) mass is 223 g/mol. The Bertz CT molecular complexity index is 319. The van der Waals surface area contributed by atoms with Crippen molar-refractivity contribution in [3.63, 3.8) is 0 Å². The molecule has 1 rings (SSSR count). The largest absolute Gasteiger partial charge is 0.292 e. The number of aromatic nitrogens is 1. The second-order valence-electron chi connectivity index (χ2n) is 3.86. The molecule has 15 heavy (non-hydrogen) atoms. The van der Waals surface area contributed by atoms with Gasteiger partial charge in [0.15, 0.2) is 5.78 Å². The molecule has 0 fully saturated rings. The van der Waals surface area contributed by atoms with Gasteiger partial charge in [-0.2, -0.15) is 0 Å². The van der Waals surface area contributed by atoms with Gasteiger partial charge in [-0.1, -0.05) is 20.8 Å². The van der Waals surface area contributed by atoms with Crippen molar-refractivity contribution in [2.45, 2.75) is 32.1 Å². The molecule has 0 aliphatic heterocycles. The Morgan fingerprint density at radius 3 is 2.67 bits per heavy atom. The van der Waals surface area contributed by atoms with Gasteiger partial charge in [-0.25, -0.2) is 0 Å². The summed E-state index contributed by atoms with van der Waals surface area (Å²) in [4.78, 5) is 16.6. The number of ketones is 1. The lowest BCUT2D eigenvalue weighted by Gasteiger charge is -2.04. The molecule has 0 amide bonds. The quantitative estimate of drug-likeness (QED) is 0.566. The number of thioether (sulfide) groups is 1. The van der Waals surface area contributed by atoms with E-state index in [9.17, 15) is 4.79 Å². The molecule has 0 aromatic carbocycles. The summed E-state index contributed by atoms with van der Waals surface area (Å²) in [6, 6.07) is 3.79. The van der Waals surface area contributed by atoms with Gasteiger partial charge in [-0.05, 0) is 18.1 Å². The number of pyridine rings is 1. The molecule has 0 N–H and O–H groups in total. The first kappa shape index (κ1) is 12.2. The summed E-state index contributed by atoms with van der Waals surface area (Å²) in [6.45, 7) is 6.23. The molecule has 0 radical (unpaired) electrons. The molecule has 0 aliphatic carbocycles. The third kappa shape index (κ3) is 4.04. The highest BCUT2D eigenvalue weighted by atomic mass is 32.2. The molecule has 82 valence electrons. The highest BCUT2D eigenvalue weighted by Gasteiger charge is 2.04. The number of hydrogen-bond donors (Lipinski definition) is 0. The zero-order valence-corrected chi connectivity index (χ0v) is 10.3. The Labute approximate surface area is 95.5 Å². The Balaban J connectivity index is 2.60. The van der Waals surface area contributed by atoms with E-state index in [0.29, 0.717) is 18.0 Å². The van der Waals surface area contributed by atoms with Gasteiger partial charge in [0, 0.05) is 23.3 Å². The highest BCUT2D eigenvalue weighted by Crippen LogP contribution is 2.19. The molecule has 3 heteroatoms. The van der Waals surface area contributed by atoms with Crippen LogP contribution in [0.2, 0.25) is 0 Å². The number of Topliss-reactive ketones (excluding diaryl/α,β-unsaturated/α-hetero) is 1. The van der Waals surface area contributed by atoms with E-state index >= 15 is 0 Å². The van der Waals surface area contributed by atoms with E-state index in [1.54, 1.807) is 18.0 Å². The number of hydrogen-bond acceptors (Lipinski definition) is 3. The van der Waals surface area contributed by atoms with Gasteiger partial charge < -0.3 is 0 Å². The highest BCUT2D eigenvalue weighted by molar-refractivity contribution is 7.99. The van der Waals surface area contributed by atoms with Gasteiger partial charge in [0.1, 0.15) is 5.69 Å². The maximum Gasteiger partial charge on any atom is 0.180 e. The molecule has 0 saturated carbocycles. The summed E-state index contributed by atoms with van der Waals surface area (Å²) < 4.78 is 0. The first-order chi connectivity index (χ1) is 7.13. The van der Waals surface area contributed by atoms with Crippen LogP contribution in [0.15, 0.2) is 23.2 Å². The minimum Gasteiger partial charge on any atom is -0.292 e. The average Bonchev–Trinajstić information content (AvgIpc) is 2.26. The summed E-state index contributed by atoms with van der Waals surface area (Å²) in [6.07, 6.45) is 2.31. The predicted molar refractivity (Wildman–Crippen MR) is 64.4 cm³/mol. The molecule has 0 aliphatic rings. The zero-order chi connectivity index (χ0) is 11.3. The average molecular weight is 223 g/mol. The third-order valence-corrected chi connectivity index (χ3v) is 3.33. The summed E-state index contributed by atoms with van der Waals surface area (Å²) >= 11 is 1.78. The number of carbonyl (C=O) groups is 1. The molecule has 0 saturated heterocycles. The molecule has 1 aromatic rings. The molecule has 2 nitrogen and oxygen atoms in total. The summed E-state index contributed by atoms with van der Waals surface area (Å²) in [7, 11) is 0. The van der Waals surface area contributed by atoms with Crippen molar-refractivity contribution in [2.24, 2.45) is 5.92 Å². The Kier molecular flexibility index (Phi) is 4.82. The fraction of sp³-hybridized carbons (Fsp3) is 0.500. The van der Waals surface area contributed by atoms with Crippen LogP contribution in [0.3, 0.4) is 0 Å². The lowest BCUT2D eigenvalue weighted by molar-refractivity contribution is 0.0983. The van der Waals surface area contributed by atoms with Crippen molar-refractivity contribution in [1.82, 2.24) is 4.98 Å². The molecule has 1 aromatic heterocycles. The Morgan fingerprint density at radius 2 is 2.20 bits per heavy atom. The summed E-state index contributed by atoms with van der Waals surface area (Å²) in [5.74, 6) is 1.87.